The van der Waals surface area contributed by atoms with Gasteiger partial charge in [0.1, 0.15) is 0 Å². The first-order chi connectivity index (χ1) is 8.13. The number of carbonyl (C=O) groups is 1. The largest absolute Gasteiger partial charge is 0.351 e. The lowest BCUT2D eigenvalue weighted by Gasteiger charge is -2.29. The van der Waals surface area contributed by atoms with Gasteiger partial charge >= 0.3 is 0 Å². The molecule has 106 valence electrons. The number of carbonyl (C=O) groups excluding carboxylic acids is 1. The van der Waals surface area contributed by atoms with Crippen molar-refractivity contribution in [3.8, 4) is 0 Å². The van der Waals surface area contributed by atoms with Gasteiger partial charge in [-0.15, -0.1) is 0 Å². The zero-order chi connectivity index (χ0) is 14.0. The summed E-state index contributed by atoms with van der Waals surface area (Å²) in [5, 5.41) is 3.01. The summed E-state index contributed by atoms with van der Waals surface area (Å²) < 4.78 is 0. The van der Waals surface area contributed by atoms with Gasteiger partial charge in [-0.3, -0.25) is 9.69 Å². The summed E-state index contributed by atoms with van der Waals surface area (Å²) in [5.41, 5.74) is 6.02. The van der Waals surface area contributed by atoms with Gasteiger partial charge in [-0.25, -0.2) is 0 Å². The van der Waals surface area contributed by atoms with Crippen molar-refractivity contribution in [1.29, 1.82) is 0 Å². The highest BCUT2D eigenvalue weighted by molar-refractivity contribution is 5.77. The first kappa shape index (κ1) is 15.4. The van der Waals surface area contributed by atoms with Crippen LogP contribution in [0, 0.1) is 5.41 Å². The van der Waals surface area contributed by atoms with Crippen molar-refractivity contribution in [1.82, 2.24) is 10.2 Å². The van der Waals surface area contributed by atoms with Crippen LogP contribution >= 0.6 is 0 Å². The Labute approximate surface area is 111 Å². The Morgan fingerprint density at radius 2 is 2.06 bits per heavy atom. The standard InChI is InChI=1S/C14H29N3O/c1-13(2,3)16-12(18)8-11(9-15)17-7-6-14(4,5)10-17/h11H,6-10,15H2,1-5H3,(H,16,18). The second-order valence-corrected chi connectivity index (χ2v) is 7.28. The van der Waals surface area contributed by atoms with Crippen LogP contribution in [0.5, 0.6) is 0 Å². The third-order valence-electron chi connectivity index (χ3n) is 3.43. The molecule has 1 fully saturated rings. The van der Waals surface area contributed by atoms with Crippen molar-refractivity contribution in [3.05, 3.63) is 0 Å². The molecule has 1 aliphatic rings. The normalized spacial score (nSPS) is 21.9. The molecule has 1 amide bonds. The van der Waals surface area contributed by atoms with E-state index in [9.17, 15) is 4.79 Å². The molecule has 1 aliphatic heterocycles. The van der Waals surface area contributed by atoms with E-state index in [2.05, 4.69) is 24.1 Å². The molecule has 0 saturated carbocycles. The van der Waals surface area contributed by atoms with Crippen LogP contribution in [0.2, 0.25) is 0 Å². The zero-order valence-electron chi connectivity index (χ0n) is 12.5. The molecular weight excluding hydrogens is 226 g/mol. The molecule has 0 radical (unpaired) electrons. The van der Waals surface area contributed by atoms with Gasteiger partial charge in [0.15, 0.2) is 0 Å². The van der Waals surface area contributed by atoms with E-state index >= 15 is 0 Å². The average Bonchev–Trinajstić information content (AvgIpc) is 2.52. The van der Waals surface area contributed by atoms with Crippen LogP contribution in [-0.2, 0) is 4.79 Å². The second kappa shape index (κ2) is 5.57. The molecule has 1 heterocycles. The Morgan fingerprint density at radius 1 is 1.44 bits per heavy atom. The van der Waals surface area contributed by atoms with E-state index in [0.717, 1.165) is 13.1 Å². The van der Waals surface area contributed by atoms with Crippen molar-refractivity contribution in [2.24, 2.45) is 11.1 Å². The first-order valence-corrected chi connectivity index (χ1v) is 6.88. The molecule has 3 N–H and O–H groups in total. The van der Waals surface area contributed by atoms with Gasteiger partial charge in [-0.2, -0.15) is 0 Å². The molecule has 0 aromatic carbocycles. The van der Waals surface area contributed by atoms with E-state index in [1.165, 1.54) is 6.42 Å². The van der Waals surface area contributed by atoms with E-state index in [4.69, 9.17) is 5.73 Å². The quantitative estimate of drug-likeness (QED) is 0.797. The van der Waals surface area contributed by atoms with Gasteiger partial charge in [0.2, 0.25) is 5.91 Å². The van der Waals surface area contributed by atoms with E-state index in [-0.39, 0.29) is 17.5 Å². The van der Waals surface area contributed by atoms with Crippen LogP contribution < -0.4 is 11.1 Å². The van der Waals surface area contributed by atoms with Crippen LogP contribution in [0.15, 0.2) is 0 Å². The molecule has 0 bridgehead atoms. The predicted molar refractivity (Wildman–Crippen MR) is 75.3 cm³/mol. The number of nitrogens with one attached hydrogen (secondary N) is 1. The molecule has 0 aliphatic carbocycles. The molecule has 1 unspecified atom stereocenters. The summed E-state index contributed by atoms with van der Waals surface area (Å²) in [6.07, 6.45) is 1.69. The number of nitrogens with zero attached hydrogens (tertiary/aromatic N) is 1. The minimum Gasteiger partial charge on any atom is -0.351 e. The molecule has 4 nitrogen and oxygen atoms in total. The minimum absolute atomic E-state index is 0.0997. The fraction of sp³-hybridized carbons (Fsp3) is 0.929. The van der Waals surface area contributed by atoms with Gasteiger partial charge in [0.25, 0.3) is 0 Å². The molecule has 1 saturated heterocycles. The van der Waals surface area contributed by atoms with E-state index in [1.54, 1.807) is 0 Å². The highest BCUT2D eigenvalue weighted by Gasteiger charge is 2.33. The lowest BCUT2D eigenvalue weighted by atomic mass is 9.93. The van der Waals surface area contributed by atoms with Crippen molar-refractivity contribution in [3.63, 3.8) is 0 Å². The summed E-state index contributed by atoms with van der Waals surface area (Å²) in [4.78, 5) is 14.3. The molecule has 4 heteroatoms. The summed E-state index contributed by atoms with van der Waals surface area (Å²) in [7, 11) is 0. The number of hydrogen-bond donors (Lipinski definition) is 2. The van der Waals surface area contributed by atoms with Crippen molar-refractivity contribution in [2.45, 2.75) is 59.0 Å². The Balaban J connectivity index is 2.50. The van der Waals surface area contributed by atoms with Gasteiger partial charge in [-0.05, 0) is 39.2 Å². The zero-order valence-corrected chi connectivity index (χ0v) is 12.5. The number of amides is 1. The Hall–Kier alpha value is -0.610. The van der Waals surface area contributed by atoms with E-state index in [0.29, 0.717) is 18.4 Å². The smallest absolute Gasteiger partial charge is 0.222 e. The van der Waals surface area contributed by atoms with Gasteiger partial charge in [-0.1, -0.05) is 13.8 Å². The minimum atomic E-state index is -0.166. The van der Waals surface area contributed by atoms with Crippen LogP contribution in [0.1, 0.15) is 47.5 Å². The lowest BCUT2D eigenvalue weighted by Crippen LogP contribution is -2.47. The molecule has 18 heavy (non-hydrogen) atoms. The molecular formula is C14H29N3O. The molecule has 0 aromatic rings. The summed E-state index contributed by atoms with van der Waals surface area (Å²) in [6, 6.07) is 0.175. The van der Waals surface area contributed by atoms with Crippen LogP contribution in [-0.4, -0.2) is 42.0 Å². The predicted octanol–water partition coefficient (Wildman–Crippen LogP) is 1.35. The second-order valence-electron chi connectivity index (χ2n) is 7.28. The van der Waals surface area contributed by atoms with Crippen molar-refractivity contribution in [2.75, 3.05) is 19.6 Å². The van der Waals surface area contributed by atoms with E-state index < -0.39 is 0 Å². The molecule has 0 aromatic heterocycles. The maximum atomic E-state index is 12.0. The fourth-order valence-corrected chi connectivity index (χ4v) is 2.51. The third kappa shape index (κ3) is 4.94. The third-order valence-corrected chi connectivity index (χ3v) is 3.43. The Kier molecular flexibility index (Phi) is 4.78. The SMILES string of the molecule is CC1(C)CCN(C(CN)CC(=O)NC(C)(C)C)C1. The van der Waals surface area contributed by atoms with Gasteiger partial charge in [0.05, 0.1) is 0 Å². The van der Waals surface area contributed by atoms with Crippen molar-refractivity contribution >= 4 is 5.91 Å². The Bertz CT molecular complexity index is 294. The van der Waals surface area contributed by atoms with Crippen LogP contribution in [0.4, 0.5) is 0 Å². The number of likely N-dealkylation sites (tertiary alicyclic amines) is 1. The Morgan fingerprint density at radius 3 is 2.44 bits per heavy atom. The van der Waals surface area contributed by atoms with Gasteiger partial charge in [0, 0.05) is 31.1 Å². The summed E-state index contributed by atoms with van der Waals surface area (Å²) in [5.74, 6) is 0.0997. The molecule has 1 rings (SSSR count). The van der Waals surface area contributed by atoms with Crippen molar-refractivity contribution < 1.29 is 4.79 Å². The fourth-order valence-electron chi connectivity index (χ4n) is 2.51. The van der Waals surface area contributed by atoms with Crippen LogP contribution in [0.3, 0.4) is 0 Å². The van der Waals surface area contributed by atoms with Crippen LogP contribution in [0.25, 0.3) is 0 Å². The topological polar surface area (TPSA) is 58.4 Å². The maximum Gasteiger partial charge on any atom is 0.222 e. The lowest BCUT2D eigenvalue weighted by molar-refractivity contribution is -0.123. The number of hydrogen-bond acceptors (Lipinski definition) is 3. The number of rotatable bonds is 4. The molecule has 1 atom stereocenters. The average molecular weight is 255 g/mol. The summed E-state index contributed by atoms with van der Waals surface area (Å²) in [6.45, 7) is 13.2. The van der Waals surface area contributed by atoms with Gasteiger partial charge < -0.3 is 11.1 Å². The monoisotopic (exact) mass is 255 g/mol. The van der Waals surface area contributed by atoms with E-state index in [1.807, 2.05) is 20.8 Å². The maximum absolute atomic E-state index is 12.0. The summed E-state index contributed by atoms with van der Waals surface area (Å²) >= 11 is 0. The molecule has 0 spiro atoms. The highest BCUT2D eigenvalue weighted by Crippen LogP contribution is 2.30. The highest BCUT2D eigenvalue weighted by atomic mass is 16.1. The first-order valence-electron chi connectivity index (χ1n) is 6.88. The number of nitrogens with two attached hydrogens (primary N) is 1.